The molecule has 0 aliphatic rings. The number of unbranched alkanes of at least 4 members (excludes halogenated alkanes) is 8. The summed E-state index contributed by atoms with van der Waals surface area (Å²) in [6, 6.07) is 0. The maximum Gasteiger partial charge on any atom is 0.305 e. The average Bonchev–Trinajstić information content (AvgIpc) is 2.58. The van der Waals surface area contributed by atoms with Crippen molar-refractivity contribution in [1.29, 1.82) is 0 Å². The van der Waals surface area contributed by atoms with Crippen LogP contribution in [0.25, 0.3) is 0 Å². The van der Waals surface area contributed by atoms with E-state index < -0.39 is 0 Å². The summed E-state index contributed by atoms with van der Waals surface area (Å²) in [7, 11) is 0. The maximum absolute atomic E-state index is 11.9. The quantitative estimate of drug-likeness (QED) is 0.259. The van der Waals surface area contributed by atoms with Gasteiger partial charge in [-0.15, -0.1) is 0 Å². The number of aliphatic hydroxyl groups excluding tert-OH is 1. The summed E-state index contributed by atoms with van der Waals surface area (Å²) in [6.07, 6.45) is 14.6. The molecule has 3 heteroatoms. The molecule has 2 atom stereocenters. The van der Waals surface area contributed by atoms with Gasteiger partial charge < -0.3 is 9.84 Å². The molecule has 0 aromatic heterocycles. The van der Waals surface area contributed by atoms with Gasteiger partial charge in [-0.3, -0.25) is 4.79 Å². The molecule has 0 unspecified atom stereocenters. The smallest absolute Gasteiger partial charge is 0.305 e. The van der Waals surface area contributed by atoms with Crippen molar-refractivity contribution in [1.82, 2.24) is 0 Å². The van der Waals surface area contributed by atoms with Gasteiger partial charge in [-0.1, -0.05) is 85.0 Å². The number of carbonyl (C=O) groups is 1. The molecule has 1 N–H and O–H groups in total. The van der Waals surface area contributed by atoms with E-state index in [1.54, 1.807) is 0 Å². The Morgan fingerprint density at radius 1 is 0.792 bits per heavy atom. The number of ether oxygens (including phenoxy) is 1. The van der Waals surface area contributed by atoms with Crippen LogP contribution in [0.5, 0.6) is 0 Å². The molecule has 0 aromatic carbocycles. The topological polar surface area (TPSA) is 46.5 Å². The van der Waals surface area contributed by atoms with Crippen LogP contribution in [0, 0.1) is 5.92 Å². The molecule has 144 valence electrons. The maximum atomic E-state index is 11.9. The first-order valence-electron chi connectivity index (χ1n) is 10.5. The van der Waals surface area contributed by atoms with Gasteiger partial charge in [0, 0.05) is 12.3 Å². The third-order valence-corrected chi connectivity index (χ3v) is 4.77. The van der Waals surface area contributed by atoms with Crippen molar-refractivity contribution >= 4 is 5.97 Å². The van der Waals surface area contributed by atoms with Crippen LogP contribution in [0.1, 0.15) is 111 Å². The molecule has 0 aliphatic heterocycles. The van der Waals surface area contributed by atoms with Gasteiger partial charge in [-0.25, -0.2) is 0 Å². The first-order valence-corrected chi connectivity index (χ1v) is 10.5. The van der Waals surface area contributed by atoms with Crippen LogP contribution in [-0.4, -0.2) is 23.8 Å². The molecule has 0 spiro atoms. The minimum atomic E-state index is -0.327. The van der Waals surface area contributed by atoms with E-state index in [0.717, 1.165) is 38.5 Å². The van der Waals surface area contributed by atoms with Crippen molar-refractivity contribution in [2.24, 2.45) is 5.92 Å². The third kappa shape index (κ3) is 13.8. The van der Waals surface area contributed by atoms with Gasteiger partial charge in [-0.05, 0) is 19.3 Å². The van der Waals surface area contributed by atoms with E-state index in [1.807, 2.05) is 0 Å². The van der Waals surface area contributed by atoms with Crippen LogP contribution in [0.2, 0.25) is 0 Å². The first kappa shape index (κ1) is 23.4. The Balaban J connectivity index is 4.10. The minimum absolute atomic E-state index is 0.0928. The van der Waals surface area contributed by atoms with Crippen molar-refractivity contribution in [3.05, 3.63) is 0 Å². The zero-order valence-corrected chi connectivity index (χ0v) is 16.5. The fourth-order valence-electron chi connectivity index (χ4n) is 3.03. The van der Waals surface area contributed by atoms with E-state index in [0.29, 0.717) is 13.0 Å². The van der Waals surface area contributed by atoms with Gasteiger partial charge in [0.25, 0.3) is 0 Å². The van der Waals surface area contributed by atoms with Gasteiger partial charge >= 0.3 is 5.97 Å². The Morgan fingerprint density at radius 2 is 1.33 bits per heavy atom. The lowest BCUT2D eigenvalue weighted by molar-refractivity contribution is -0.146. The fourth-order valence-corrected chi connectivity index (χ4v) is 3.03. The largest absolute Gasteiger partial charge is 0.465 e. The molecule has 3 nitrogen and oxygen atoms in total. The molecule has 0 bridgehead atoms. The summed E-state index contributed by atoms with van der Waals surface area (Å²) in [5, 5.41) is 10.5. The Bertz CT molecular complexity index is 278. The van der Waals surface area contributed by atoms with E-state index >= 15 is 0 Å². The second-order valence-corrected chi connectivity index (χ2v) is 7.17. The van der Waals surface area contributed by atoms with Crippen LogP contribution in [-0.2, 0) is 9.53 Å². The summed E-state index contributed by atoms with van der Waals surface area (Å²) in [5.74, 6) is 0.0162. The number of carbonyl (C=O) groups excluding carboxylic acids is 1. The Hall–Kier alpha value is -0.570. The normalized spacial score (nSPS) is 13.7. The minimum Gasteiger partial charge on any atom is -0.465 e. The zero-order chi connectivity index (χ0) is 18.0. The summed E-state index contributed by atoms with van der Waals surface area (Å²) < 4.78 is 5.46. The van der Waals surface area contributed by atoms with Gasteiger partial charge in [0.2, 0.25) is 0 Å². The van der Waals surface area contributed by atoms with Gasteiger partial charge in [-0.2, -0.15) is 0 Å². The number of hydrogen-bond donors (Lipinski definition) is 1. The number of esters is 1. The molecule has 0 aromatic rings. The van der Waals surface area contributed by atoms with Crippen molar-refractivity contribution in [2.45, 2.75) is 117 Å². The van der Waals surface area contributed by atoms with Gasteiger partial charge in [0.05, 0.1) is 12.7 Å². The van der Waals surface area contributed by atoms with Gasteiger partial charge in [0.15, 0.2) is 0 Å². The monoisotopic (exact) mass is 342 g/mol. The highest BCUT2D eigenvalue weighted by molar-refractivity contribution is 5.69. The molecule has 24 heavy (non-hydrogen) atoms. The van der Waals surface area contributed by atoms with Crippen LogP contribution in [0.3, 0.4) is 0 Å². The Morgan fingerprint density at radius 3 is 1.96 bits per heavy atom. The van der Waals surface area contributed by atoms with E-state index in [4.69, 9.17) is 4.74 Å². The second-order valence-electron chi connectivity index (χ2n) is 7.17. The molecular weight excluding hydrogens is 300 g/mol. The highest BCUT2D eigenvalue weighted by Gasteiger charge is 2.20. The molecule has 0 saturated heterocycles. The van der Waals surface area contributed by atoms with E-state index in [9.17, 15) is 9.90 Å². The summed E-state index contributed by atoms with van der Waals surface area (Å²) in [6.45, 7) is 6.95. The molecule has 0 saturated carbocycles. The molecule has 0 heterocycles. The standard InChI is InChI=1S/C21H42O3/c1-4-7-10-13-16-20(22)19(15-12-9-6-3)18-24-21(23)17-14-11-8-5-2/h19-20,22H,4-18H2,1-3H3/t19-,20-/m0/s1. The zero-order valence-electron chi connectivity index (χ0n) is 16.5. The lowest BCUT2D eigenvalue weighted by Gasteiger charge is -2.23. The molecule has 0 rings (SSSR count). The van der Waals surface area contributed by atoms with Gasteiger partial charge in [0.1, 0.15) is 0 Å². The predicted octanol–water partition coefficient (Wildman–Crippen LogP) is 6.03. The van der Waals surface area contributed by atoms with Crippen LogP contribution >= 0.6 is 0 Å². The van der Waals surface area contributed by atoms with Crippen molar-refractivity contribution in [3.63, 3.8) is 0 Å². The second kappa shape index (κ2) is 17.3. The summed E-state index contributed by atoms with van der Waals surface area (Å²) in [5.41, 5.74) is 0. The number of rotatable bonds is 17. The van der Waals surface area contributed by atoms with Crippen LogP contribution in [0.4, 0.5) is 0 Å². The predicted molar refractivity (Wildman–Crippen MR) is 102 cm³/mol. The van der Waals surface area contributed by atoms with Crippen molar-refractivity contribution in [3.8, 4) is 0 Å². The lowest BCUT2D eigenvalue weighted by atomic mass is 9.92. The van der Waals surface area contributed by atoms with E-state index in [1.165, 1.54) is 44.9 Å². The van der Waals surface area contributed by atoms with Crippen LogP contribution < -0.4 is 0 Å². The summed E-state index contributed by atoms with van der Waals surface area (Å²) in [4.78, 5) is 11.9. The van der Waals surface area contributed by atoms with E-state index in [-0.39, 0.29) is 18.0 Å². The van der Waals surface area contributed by atoms with Crippen molar-refractivity contribution in [2.75, 3.05) is 6.61 Å². The van der Waals surface area contributed by atoms with E-state index in [2.05, 4.69) is 20.8 Å². The molecule has 0 fully saturated rings. The fraction of sp³-hybridized carbons (Fsp3) is 0.952. The highest BCUT2D eigenvalue weighted by Crippen LogP contribution is 2.20. The molecular formula is C21H42O3. The highest BCUT2D eigenvalue weighted by atomic mass is 16.5. The third-order valence-electron chi connectivity index (χ3n) is 4.77. The van der Waals surface area contributed by atoms with Crippen molar-refractivity contribution < 1.29 is 14.6 Å². The summed E-state index contributed by atoms with van der Waals surface area (Å²) >= 11 is 0. The Kier molecular flexibility index (Phi) is 16.8. The first-order chi connectivity index (χ1) is 11.7. The average molecular weight is 343 g/mol. The van der Waals surface area contributed by atoms with Crippen LogP contribution in [0.15, 0.2) is 0 Å². The number of aliphatic hydroxyl groups is 1. The molecule has 0 aliphatic carbocycles. The lowest BCUT2D eigenvalue weighted by Crippen LogP contribution is -2.26. The SMILES string of the molecule is CCCCCCC(=O)OC[C@H](CCCCC)[C@@H](O)CCCCCC. The Labute approximate surface area is 150 Å². The molecule has 0 radical (unpaired) electrons. The molecule has 0 amide bonds. The number of hydrogen-bond acceptors (Lipinski definition) is 3.